The fraction of sp³-hybridized carbons (Fsp3) is 1.00. The molecule has 3 fully saturated rings. The third kappa shape index (κ3) is 3.27. The number of ether oxygens (including phenoxy) is 1. The largest absolute Gasteiger partial charge is 0.375 e. The Bertz CT molecular complexity index is 285. The van der Waals surface area contributed by atoms with Gasteiger partial charge in [0.25, 0.3) is 0 Å². The van der Waals surface area contributed by atoms with Crippen LogP contribution in [-0.4, -0.2) is 24.3 Å². The first kappa shape index (κ1) is 12.9. The topological polar surface area (TPSA) is 21.3 Å². The summed E-state index contributed by atoms with van der Waals surface area (Å²) >= 11 is 0. The van der Waals surface area contributed by atoms with Crippen LogP contribution in [0.4, 0.5) is 0 Å². The Hall–Kier alpha value is -0.0800. The van der Waals surface area contributed by atoms with Crippen molar-refractivity contribution in [3.05, 3.63) is 0 Å². The third-order valence-corrected chi connectivity index (χ3v) is 5.17. The van der Waals surface area contributed by atoms with Gasteiger partial charge in [0.2, 0.25) is 0 Å². The van der Waals surface area contributed by atoms with Crippen molar-refractivity contribution < 1.29 is 4.74 Å². The highest BCUT2D eigenvalue weighted by molar-refractivity contribution is 4.91. The maximum Gasteiger partial charge on any atom is 0.0641 e. The van der Waals surface area contributed by atoms with Crippen LogP contribution in [0.2, 0.25) is 0 Å². The molecule has 0 aromatic rings. The van der Waals surface area contributed by atoms with Gasteiger partial charge in [-0.3, -0.25) is 0 Å². The molecule has 3 rings (SSSR count). The number of rotatable bonds is 3. The minimum Gasteiger partial charge on any atom is -0.375 e. The van der Waals surface area contributed by atoms with Crippen LogP contribution in [0.3, 0.4) is 0 Å². The van der Waals surface area contributed by atoms with Crippen molar-refractivity contribution in [1.29, 1.82) is 0 Å². The van der Waals surface area contributed by atoms with E-state index in [1.165, 1.54) is 51.4 Å². The van der Waals surface area contributed by atoms with Crippen LogP contribution in [0.25, 0.3) is 0 Å². The molecule has 0 aromatic heterocycles. The van der Waals surface area contributed by atoms with E-state index in [9.17, 15) is 0 Å². The molecule has 2 nitrogen and oxygen atoms in total. The Balaban J connectivity index is 1.49. The zero-order valence-electron chi connectivity index (χ0n) is 12.1. The maximum absolute atomic E-state index is 5.81. The van der Waals surface area contributed by atoms with E-state index in [1.807, 2.05) is 0 Å². The molecule has 1 saturated heterocycles. The van der Waals surface area contributed by atoms with E-state index in [4.69, 9.17) is 4.74 Å². The molecule has 2 saturated carbocycles. The van der Waals surface area contributed by atoms with Crippen molar-refractivity contribution in [3.8, 4) is 0 Å². The van der Waals surface area contributed by atoms with Crippen molar-refractivity contribution in [1.82, 2.24) is 5.32 Å². The molecule has 1 N–H and O–H groups in total. The zero-order chi connectivity index (χ0) is 12.6. The minimum atomic E-state index is 0.0838. The molecule has 3 atom stereocenters. The molecule has 0 radical (unpaired) electrons. The first-order valence-corrected chi connectivity index (χ1v) is 8.02. The molecule has 0 bridgehead atoms. The van der Waals surface area contributed by atoms with E-state index in [1.54, 1.807) is 0 Å². The summed E-state index contributed by atoms with van der Waals surface area (Å²) in [5.41, 5.74) is 0.0838. The van der Waals surface area contributed by atoms with Gasteiger partial charge in [-0.15, -0.1) is 0 Å². The Morgan fingerprint density at radius 3 is 2.50 bits per heavy atom. The van der Waals surface area contributed by atoms with Crippen LogP contribution in [0.1, 0.15) is 65.2 Å². The van der Waals surface area contributed by atoms with Gasteiger partial charge in [0, 0.05) is 18.7 Å². The fourth-order valence-electron chi connectivity index (χ4n) is 4.08. The molecule has 2 aliphatic carbocycles. The van der Waals surface area contributed by atoms with Crippen LogP contribution < -0.4 is 5.32 Å². The minimum absolute atomic E-state index is 0.0838. The molecule has 0 amide bonds. The van der Waals surface area contributed by atoms with E-state index in [-0.39, 0.29) is 5.60 Å². The normalized spacial score (nSPS) is 40.7. The first-order chi connectivity index (χ1) is 8.62. The lowest BCUT2D eigenvalue weighted by Crippen LogP contribution is -2.48. The number of nitrogens with one attached hydrogen (secondary N) is 1. The van der Waals surface area contributed by atoms with Gasteiger partial charge in [0.05, 0.1) is 5.60 Å². The SMILES string of the molecule is CC1(C)CC(NC2CCCC(C3CC3)C2)CCO1. The second-order valence-electron chi connectivity index (χ2n) is 7.43. The van der Waals surface area contributed by atoms with Gasteiger partial charge < -0.3 is 10.1 Å². The predicted molar refractivity (Wildman–Crippen MR) is 74.7 cm³/mol. The highest BCUT2D eigenvalue weighted by Crippen LogP contribution is 2.44. The van der Waals surface area contributed by atoms with Gasteiger partial charge in [-0.05, 0) is 64.2 Å². The van der Waals surface area contributed by atoms with Gasteiger partial charge in [-0.1, -0.05) is 12.8 Å². The van der Waals surface area contributed by atoms with E-state index >= 15 is 0 Å². The molecule has 0 aromatic carbocycles. The van der Waals surface area contributed by atoms with Crippen LogP contribution in [0, 0.1) is 11.8 Å². The number of hydrogen-bond acceptors (Lipinski definition) is 2. The number of hydrogen-bond donors (Lipinski definition) is 1. The zero-order valence-corrected chi connectivity index (χ0v) is 12.1. The van der Waals surface area contributed by atoms with Crippen molar-refractivity contribution >= 4 is 0 Å². The summed E-state index contributed by atoms with van der Waals surface area (Å²) in [5, 5.41) is 3.95. The van der Waals surface area contributed by atoms with Crippen molar-refractivity contribution in [3.63, 3.8) is 0 Å². The quantitative estimate of drug-likeness (QED) is 0.829. The Labute approximate surface area is 112 Å². The second-order valence-corrected chi connectivity index (χ2v) is 7.43. The molecular weight excluding hydrogens is 222 g/mol. The van der Waals surface area contributed by atoms with Crippen molar-refractivity contribution in [2.45, 2.75) is 82.9 Å². The summed E-state index contributed by atoms with van der Waals surface area (Å²) < 4.78 is 5.81. The van der Waals surface area contributed by atoms with Crippen molar-refractivity contribution in [2.24, 2.45) is 11.8 Å². The molecular formula is C16H29NO. The molecule has 1 aliphatic heterocycles. The molecule has 18 heavy (non-hydrogen) atoms. The van der Waals surface area contributed by atoms with Gasteiger partial charge in [0.15, 0.2) is 0 Å². The molecule has 2 heteroatoms. The lowest BCUT2D eigenvalue weighted by atomic mass is 9.82. The summed E-state index contributed by atoms with van der Waals surface area (Å²) in [6.45, 7) is 5.40. The molecule has 3 unspecified atom stereocenters. The molecule has 0 spiro atoms. The lowest BCUT2D eigenvalue weighted by Gasteiger charge is -2.39. The third-order valence-electron chi connectivity index (χ3n) is 5.17. The van der Waals surface area contributed by atoms with E-state index < -0.39 is 0 Å². The van der Waals surface area contributed by atoms with Crippen LogP contribution >= 0.6 is 0 Å². The highest BCUT2D eigenvalue weighted by Gasteiger charge is 2.36. The van der Waals surface area contributed by atoms with Gasteiger partial charge in [-0.25, -0.2) is 0 Å². The monoisotopic (exact) mass is 251 g/mol. The lowest BCUT2D eigenvalue weighted by molar-refractivity contribution is -0.0649. The molecule has 104 valence electrons. The maximum atomic E-state index is 5.81. The Kier molecular flexibility index (Phi) is 3.68. The average Bonchev–Trinajstić information content (AvgIpc) is 3.11. The Morgan fingerprint density at radius 2 is 1.78 bits per heavy atom. The van der Waals surface area contributed by atoms with Crippen LogP contribution in [0.15, 0.2) is 0 Å². The van der Waals surface area contributed by atoms with Crippen LogP contribution in [0.5, 0.6) is 0 Å². The standard InChI is InChI=1S/C16H29NO/c1-16(2)11-15(8-9-18-16)17-14-5-3-4-13(10-14)12-6-7-12/h12-15,17H,3-11H2,1-2H3. The summed E-state index contributed by atoms with van der Waals surface area (Å²) in [6, 6.07) is 1.49. The summed E-state index contributed by atoms with van der Waals surface area (Å²) in [7, 11) is 0. The van der Waals surface area contributed by atoms with E-state index in [2.05, 4.69) is 19.2 Å². The highest BCUT2D eigenvalue weighted by atomic mass is 16.5. The van der Waals surface area contributed by atoms with Crippen LogP contribution in [-0.2, 0) is 4.74 Å². The second kappa shape index (κ2) is 5.13. The van der Waals surface area contributed by atoms with E-state index in [0.717, 1.165) is 24.5 Å². The predicted octanol–water partition coefficient (Wildman–Crippen LogP) is 3.50. The summed E-state index contributed by atoms with van der Waals surface area (Å²) in [6.07, 6.45) is 11.2. The Morgan fingerprint density at radius 1 is 0.944 bits per heavy atom. The van der Waals surface area contributed by atoms with E-state index in [0.29, 0.717) is 6.04 Å². The smallest absolute Gasteiger partial charge is 0.0641 e. The summed E-state index contributed by atoms with van der Waals surface area (Å²) in [4.78, 5) is 0. The first-order valence-electron chi connectivity index (χ1n) is 8.02. The van der Waals surface area contributed by atoms with Gasteiger partial charge in [-0.2, -0.15) is 0 Å². The van der Waals surface area contributed by atoms with Crippen molar-refractivity contribution in [2.75, 3.05) is 6.61 Å². The average molecular weight is 251 g/mol. The summed E-state index contributed by atoms with van der Waals surface area (Å²) in [5.74, 6) is 2.14. The van der Waals surface area contributed by atoms with Gasteiger partial charge in [0.1, 0.15) is 0 Å². The van der Waals surface area contributed by atoms with Gasteiger partial charge >= 0.3 is 0 Å². The molecule has 3 aliphatic rings. The molecule has 1 heterocycles. The fourth-order valence-corrected chi connectivity index (χ4v) is 4.08.